The van der Waals surface area contributed by atoms with Gasteiger partial charge in [-0.25, -0.2) is 9.52 Å². The molecule has 12 heavy (non-hydrogen) atoms. The highest BCUT2D eigenvalue weighted by Crippen LogP contribution is 1.85. The molecule has 0 saturated heterocycles. The molecule has 0 aromatic heterocycles. The smallest absolute Gasteiger partial charge is 0.419 e. The molecule has 0 atom stereocenters. The van der Waals surface area contributed by atoms with Gasteiger partial charge in [-0.2, -0.15) is 0 Å². The molecule has 72 valence electrons. The van der Waals surface area contributed by atoms with Crippen LogP contribution in [-0.2, 0) is 9.47 Å². The lowest BCUT2D eigenvalue weighted by Gasteiger charge is -2.03. The first-order chi connectivity index (χ1) is 5.81. The van der Waals surface area contributed by atoms with Crippen LogP contribution in [0.15, 0.2) is 0 Å². The molecule has 0 spiro atoms. The maximum Gasteiger partial charge on any atom is 0.419 e. The SMILES string of the molecule is NCCOCCOC(=O)NSO. The molecule has 0 heterocycles. The van der Waals surface area contributed by atoms with E-state index in [1.165, 1.54) is 0 Å². The van der Waals surface area contributed by atoms with Crippen LogP contribution < -0.4 is 10.5 Å². The van der Waals surface area contributed by atoms with Crippen molar-refractivity contribution in [1.29, 1.82) is 0 Å². The largest absolute Gasteiger partial charge is 0.446 e. The maximum absolute atomic E-state index is 10.5. The van der Waals surface area contributed by atoms with E-state index in [1.807, 2.05) is 4.72 Å². The zero-order valence-corrected chi connectivity index (χ0v) is 7.30. The van der Waals surface area contributed by atoms with E-state index in [4.69, 9.17) is 15.0 Å². The summed E-state index contributed by atoms with van der Waals surface area (Å²) >= 11 is 0.193. The standard InChI is InChI=1S/C5H12N2O4S/c6-1-2-10-3-4-11-5(8)7-12-9/h9H,1-4,6H2,(H,7,8). The second-order valence-corrected chi connectivity index (χ2v) is 2.12. The van der Waals surface area contributed by atoms with Crippen molar-refractivity contribution in [3.05, 3.63) is 0 Å². The minimum atomic E-state index is -0.696. The van der Waals surface area contributed by atoms with Crippen LogP contribution in [0.2, 0.25) is 0 Å². The quantitative estimate of drug-likeness (QED) is 0.309. The predicted octanol–water partition coefficient (Wildman–Crippen LogP) is -0.191. The molecular formula is C5H12N2O4S. The van der Waals surface area contributed by atoms with Crippen molar-refractivity contribution in [3.63, 3.8) is 0 Å². The normalized spacial score (nSPS) is 9.50. The van der Waals surface area contributed by atoms with Gasteiger partial charge in [0.05, 0.1) is 13.2 Å². The number of carbonyl (C=O) groups excluding carboxylic acids is 1. The van der Waals surface area contributed by atoms with Gasteiger partial charge in [-0.1, -0.05) is 0 Å². The predicted molar refractivity (Wildman–Crippen MR) is 44.6 cm³/mol. The molecule has 4 N–H and O–H groups in total. The highest BCUT2D eigenvalue weighted by molar-refractivity contribution is 7.92. The molecule has 0 saturated carbocycles. The topological polar surface area (TPSA) is 93.8 Å². The average molecular weight is 196 g/mol. The van der Waals surface area contributed by atoms with Gasteiger partial charge < -0.3 is 19.8 Å². The van der Waals surface area contributed by atoms with E-state index in [1.54, 1.807) is 0 Å². The third-order valence-corrected chi connectivity index (χ3v) is 1.11. The minimum absolute atomic E-state index is 0.145. The molecule has 0 aliphatic rings. The van der Waals surface area contributed by atoms with Gasteiger partial charge in [-0.05, 0) is 0 Å². The number of hydrogen-bond donors (Lipinski definition) is 3. The highest BCUT2D eigenvalue weighted by atomic mass is 32.2. The molecule has 0 aliphatic heterocycles. The van der Waals surface area contributed by atoms with Gasteiger partial charge in [0.1, 0.15) is 18.8 Å². The number of rotatable bonds is 6. The summed E-state index contributed by atoms with van der Waals surface area (Å²) in [5.41, 5.74) is 5.14. The van der Waals surface area contributed by atoms with Crippen molar-refractivity contribution in [3.8, 4) is 0 Å². The van der Waals surface area contributed by atoms with E-state index in [0.717, 1.165) is 0 Å². The lowest BCUT2D eigenvalue weighted by molar-refractivity contribution is 0.0789. The van der Waals surface area contributed by atoms with Crippen molar-refractivity contribution >= 4 is 18.3 Å². The Balaban J connectivity index is 3.03. The van der Waals surface area contributed by atoms with Crippen LogP contribution in [0.1, 0.15) is 0 Å². The Morgan fingerprint density at radius 3 is 2.83 bits per heavy atom. The van der Waals surface area contributed by atoms with Crippen LogP contribution in [0, 0.1) is 0 Å². The summed E-state index contributed by atoms with van der Waals surface area (Å²) in [4.78, 5) is 10.5. The van der Waals surface area contributed by atoms with Crippen molar-refractivity contribution in [2.75, 3.05) is 26.4 Å². The number of hydrogen-bond acceptors (Lipinski definition) is 6. The van der Waals surface area contributed by atoms with Gasteiger partial charge in [-0.15, -0.1) is 0 Å². The van der Waals surface area contributed by atoms with E-state index >= 15 is 0 Å². The van der Waals surface area contributed by atoms with Gasteiger partial charge >= 0.3 is 6.09 Å². The third kappa shape index (κ3) is 7.61. The van der Waals surface area contributed by atoms with Crippen molar-refractivity contribution < 1.29 is 18.8 Å². The summed E-state index contributed by atoms with van der Waals surface area (Å²) in [5, 5.41) is 0. The van der Waals surface area contributed by atoms with E-state index in [9.17, 15) is 4.79 Å². The second kappa shape index (κ2) is 8.60. The van der Waals surface area contributed by atoms with Crippen LogP contribution in [0.25, 0.3) is 0 Å². The molecule has 7 heteroatoms. The fourth-order valence-electron chi connectivity index (χ4n) is 0.445. The average Bonchev–Trinajstić information content (AvgIpc) is 2.05. The fourth-order valence-corrected chi connectivity index (χ4v) is 0.579. The first kappa shape index (κ1) is 11.5. The zero-order chi connectivity index (χ0) is 9.23. The van der Waals surface area contributed by atoms with Crippen LogP contribution in [0.4, 0.5) is 4.79 Å². The molecule has 0 radical (unpaired) electrons. The fraction of sp³-hybridized carbons (Fsp3) is 0.800. The Labute approximate surface area is 74.7 Å². The molecular weight excluding hydrogens is 184 g/mol. The summed E-state index contributed by atoms with van der Waals surface area (Å²) in [6.07, 6.45) is -0.696. The molecule has 0 fully saturated rings. The number of carbonyl (C=O) groups is 1. The number of nitrogens with two attached hydrogens (primary N) is 1. The summed E-state index contributed by atoms with van der Waals surface area (Å²) in [6.45, 7) is 1.34. The second-order valence-electron chi connectivity index (χ2n) is 1.73. The molecule has 0 aromatic rings. The molecule has 0 bridgehead atoms. The number of ether oxygens (including phenoxy) is 2. The van der Waals surface area contributed by atoms with E-state index in [0.29, 0.717) is 19.8 Å². The summed E-state index contributed by atoms with van der Waals surface area (Å²) in [6, 6.07) is 0. The van der Waals surface area contributed by atoms with Crippen molar-refractivity contribution in [2.24, 2.45) is 5.73 Å². The molecule has 1 amide bonds. The van der Waals surface area contributed by atoms with Gasteiger partial charge in [0.25, 0.3) is 0 Å². The van der Waals surface area contributed by atoms with Crippen LogP contribution >= 0.6 is 12.2 Å². The lowest BCUT2D eigenvalue weighted by Crippen LogP contribution is -2.20. The molecule has 0 aromatic carbocycles. The zero-order valence-electron chi connectivity index (χ0n) is 6.49. The Morgan fingerprint density at radius 1 is 1.50 bits per heavy atom. The number of amides is 1. The van der Waals surface area contributed by atoms with Gasteiger partial charge in [0.2, 0.25) is 0 Å². The Kier molecular flexibility index (Phi) is 8.24. The van der Waals surface area contributed by atoms with E-state index < -0.39 is 6.09 Å². The number of nitrogens with one attached hydrogen (secondary N) is 1. The molecule has 0 rings (SSSR count). The van der Waals surface area contributed by atoms with E-state index in [-0.39, 0.29) is 18.8 Å². The van der Waals surface area contributed by atoms with Crippen LogP contribution in [0.5, 0.6) is 0 Å². The first-order valence-electron chi connectivity index (χ1n) is 3.32. The van der Waals surface area contributed by atoms with Crippen LogP contribution in [0.3, 0.4) is 0 Å². The monoisotopic (exact) mass is 196 g/mol. The Bertz CT molecular complexity index is 124. The Morgan fingerprint density at radius 2 is 2.25 bits per heavy atom. The molecule has 0 unspecified atom stereocenters. The summed E-state index contributed by atoms with van der Waals surface area (Å²) in [5.74, 6) is 0. The Hall–Kier alpha value is -0.500. The minimum Gasteiger partial charge on any atom is -0.446 e. The van der Waals surface area contributed by atoms with Crippen molar-refractivity contribution in [2.45, 2.75) is 0 Å². The maximum atomic E-state index is 10.5. The van der Waals surface area contributed by atoms with Crippen molar-refractivity contribution in [1.82, 2.24) is 4.72 Å². The summed E-state index contributed by atoms with van der Waals surface area (Å²) < 4.78 is 19.5. The van der Waals surface area contributed by atoms with E-state index in [2.05, 4.69) is 4.74 Å². The third-order valence-electron chi connectivity index (χ3n) is 0.852. The first-order valence-corrected chi connectivity index (χ1v) is 4.09. The molecule has 6 nitrogen and oxygen atoms in total. The van der Waals surface area contributed by atoms with Gasteiger partial charge in [0.15, 0.2) is 0 Å². The van der Waals surface area contributed by atoms with Crippen LogP contribution in [-0.4, -0.2) is 37.0 Å². The highest BCUT2D eigenvalue weighted by Gasteiger charge is 1.98. The van der Waals surface area contributed by atoms with Gasteiger partial charge in [-0.3, -0.25) is 0 Å². The summed E-state index contributed by atoms with van der Waals surface area (Å²) in [7, 11) is 0. The molecule has 0 aliphatic carbocycles. The van der Waals surface area contributed by atoms with Gasteiger partial charge in [0, 0.05) is 6.54 Å². The lowest BCUT2D eigenvalue weighted by atomic mass is 10.7.